The van der Waals surface area contributed by atoms with Crippen molar-refractivity contribution in [1.29, 1.82) is 0 Å². The summed E-state index contributed by atoms with van der Waals surface area (Å²) in [6.07, 6.45) is 10.0. The Morgan fingerprint density at radius 3 is 2.43 bits per heavy atom. The monoisotopic (exact) mass is 357 g/mol. The maximum atomic E-state index is 13.4. The van der Waals surface area contributed by atoms with E-state index in [1.807, 2.05) is 6.07 Å². The number of rotatable bonds is 11. The first kappa shape index (κ1) is 18.6. The normalized spacial score (nSPS) is 12.6. The van der Waals surface area contributed by atoms with Crippen LogP contribution in [0.1, 0.15) is 64.4 Å². The molecule has 0 aliphatic heterocycles. The van der Waals surface area contributed by atoms with E-state index in [2.05, 4.69) is 35.1 Å². The van der Waals surface area contributed by atoms with Gasteiger partial charge < -0.3 is 5.32 Å². The van der Waals surface area contributed by atoms with E-state index in [4.69, 9.17) is 0 Å². The third-order valence-corrected chi connectivity index (χ3v) is 4.26. The van der Waals surface area contributed by atoms with Crippen molar-refractivity contribution in [3.63, 3.8) is 0 Å². The molecule has 0 bridgehead atoms. The van der Waals surface area contributed by atoms with Gasteiger partial charge in [-0.05, 0) is 43.1 Å². The second-order valence-corrected chi connectivity index (χ2v) is 6.71. The highest BCUT2D eigenvalue weighted by molar-refractivity contribution is 9.10. The smallest absolute Gasteiger partial charge is 0.124 e. The summed E-state index contributed by atoms with van der Waals surface area (Å²) in [6.45, 7) is 5.35. The second-order valence-electron chi connectivity index (χ2n) is 5.79. The lowest BCUT2D eigenvalue weighted by atomic mass is 9.99. The van der Waals surface area contributed by atoms with Crippen LogP contribution in [0.25, 0.3) is 0 Å². The molecule has 0 radical (unpaired) electrons. The quantitative estimate of drug-likeness (QED) is 0.489. The Hall–Kier alpha value is -0.410. The average Bonchev–Trinajstić information content (AvgIpc) is 2.41. The molecule has 0 amide bonds. The van der Waals surface area contributed by atoms with E-state index in [0.29, 0.717) is 6.04 Å². The van der Waals surface area contributed by atoms with Gasteiger partial charge >= 0.3 is 0 Å². The van der Waals surface area contributed by atoms with Crippen molar-refractivity contribution in [1.82, 2.24) is 5.32 Å². The van der Waals surface area contributed by atoms with Crippen molar-refractivity contribution in [3.05, 3.63) is 34.1 Å². The molecular formula is C18H29BrFN. The molecule has 120 valence electrons. The first-order valence-electron chi connectivity index (χ1n) is 8.34. The summed E-state index contributed by atoms with van der Waals surface area (Å²) >= 11 is 3.37. The molecule has 0 aliphatic rings. The van der Waals surface area contributed by atoms with E-state index in [9.17, 15) is 4.39 Å². The first-order valence-corrected chi connectivity index (χ1v) is 9.13. The second kappa shape index (κ2) is 11.2. The summed E-state index contributed by atoms with van der Waals surface area (Å²) in [7, 11) is 0. The van der Waals surface area contributed by atoms with Gasteiger partial charge in [0.15, 0.2) is 0 Å². The minimum absolute atomic E-state index is 0.158. The van der Waals surface area contributed by atoms with Crippen LogP contribution >= 0.6 is 15.9 Å². The van der Waals surface area contributed by atoms with Crippen LogP contribution in [-0.2, 0) is 6.42 Å². The van der Waals surface area contributed by atoms with Gasteiger partial charge in [0.1, 0.15) is 5.82 Å². The third kappa shape index (κ3) is 8.57. The molecule has 1 aromatic rings. The van der Waals surface area contributed by atoms with Crippen LogP contribution in [0.5, 0.6) is 0 Å². The minimum Gasteiger partial charge on any atom is -0.314 e. The van der Waals surface area contributed by atoms with E-state index in [1.165, 1.54) is 51.0 Å². The zero-order valence-corrected chi connectivity index (χ0v) is 15.0. The largest absolute Gasteiger partial charge is 0.314 e. The summed E-state index contributed by atoms with van der Waals surface area (Å²) in [5, 5.41) is 3.53. The Morgan fingerprint density at radius 1 is 1.05 bits per heavy atom. The van der Waals surface area contributed by atoms with Gasteiger partial charge in [-0.25, -0.2) is 4.39 Å². The fourth-order valence-electron chi connectivity index (χ4n) is 2.75. The van der Waals surface area contributed by atoms with Crippen molar-refractivity contribution in [3.8, 4) is 0 Å². The molecule has 0 aliphatic carbocycles. The Bertz CT molecular complexity index is 375. The SMILES string of the molecule is CCCCCCCCC(Cc1cc(F)cc(Br)c1)NCC. The molecular weight excluding hydrogens is 329 g/mol. The number of nitrogens with one attached hydrogen (secondary N) is 1. The lowest BCUT2D eigenvalue weighted by molar-refractivity contribution is 0.459. The molecule has 1 aromatic carbocycles. The molecule has 0 saturated carbocycles. The van der Waals surface area contributed by atoms with Crippen molar-refractivity contribution >= 4 is 15.9 Å². The fraction of sp³-hybridized carbons (Fsp3) is 0.667. The predicted octanol–water partition coefficient (Wildman–Crippen LogP) is 5.86. The van der Waals surface area contributed by atoms with Gasteiger partial charge in [0.2, 0.25) is 0 Å². The van der Waals surface area contributed by atoms with E-state index in [-0.39, 0.29) is 5.82 Å². The molecule has 1 N–H and O–H groups in total. The van der Waals surface area contributed by atoms with Crippen molar-refractivity contribution < 1.29 is 4.39 Å². The van der Waals surface area contributed by atoms with Gasteiger partial charge in [0.05, 0.1) is 0 Å². The fourth-order valence-corrected chi connectivity index (χ4v) is 3.26. The van der Waals surface area contributed by atoms with Crippen LogP contribution in [0.2, 0.25) is 0 Å². The third-order valence-electron chi connectivity index (χ3n) is 3.80. The van der Waals surface area contributed by atoms with Crippen LogP contribution in [0.15, 0.2) is 22.7 Å². The molecule has 0 spiro atoms. The Balaban J connectivity index is 2.38. The topological polar surface area (TPSA) is 12.0 Å². The number of halogens is 2. The lowest BCUT2D eigenvalue weighted by Crippen LogP contribution is -2.31. The summed E-state index contributed by atoms with van der Waals surface area (Å²) in [6, 6.07) is 5.64. The minimum atomic E-state index is -0.158. The van der Waals surface area contributed by atoms with E-state index in [1.54, 1.807) is 6.07 Å². The molecule has 1 unspecified atom stereocenters. The molecule has 1 atom stereocenters. The molecule has 0 fully saturated rings. The molecule has 21 heavy (non-hydrogen) atoms. The van der Waals surface area contributed by atoms with Gasteiger partial charge in [-0.2, -0.15) is 0 Å². The summed E-state index contributed by atoms with van der Waals surface area (Å²) in [4.78, 5) is 0. The Morgan fingerprint density at radius 2 is 1.76 bits per heavy atom. The molecule has 0 aromatic heterocycles. The molecule has 1 nitrogen and oxygen atoms in total. The average molecular weight is 358 g/mol. The van der Waals surface area contributed by atoms with Crippen LogP contribution in [0, 0.1) is 5.82 Å². The number of likely N-dealkylation sites (N-methyl/N-ethyl adjacent to an activating group) is 1. The number of benzene rings is 1. The summed E-state index contributed by atoms with van der Waals surface area (Å²) < 4.78 is 14.3. The molecule has 1 rings (SSSR count). The molecule has 3 heteroatoms. The Labute approximate surface area is 137 Å². The maximum absolute atomic E-state index is 13.4. The van der Waals surface area contributed by atoms with Gasteiger partial charge in [0.25, 0.3) is 0 Å². The highest BCUT2D eigenvalue weighted by Crippen LogP contribution is 2.18. The van der Waals surface area contributed by atoms with Gasteiger partial charge in [-0.1, -0.05) is 68.3 Å². The molecule has 0 heterocycles. The zero-order chi connectivity index (χ0) is 15.5. The van der Waals surface area contributed by atoms with Crippen molar-refractivity contribution in [2.75, 3.05) is 6.54 Å². The van der Waals surface area contributed by atoms with Crippen LogP contribution in [-0.4, -0.2) is 12.6 Å². The van der Waals surface area contributed by atoms with Gasteiger partial charge in [-0.3, -0.25) is 0 Å². The predicted molar refractivity (Wildman–Crippen MR) is 93.3 cm³/mol. The highest BCUT2D eigenvalue weighted by atomic mass is 79.9. The van der Waals surface area contributed by atoms with Crippen LogP contribution in [0.4, 0.5) is 4.39 Å². The Kier molecular flexibility index (Phi) is 9.94. The number of hydrogen-bond acceptors (Lipinski definition) is 1. The van der Waals surface area contributed by atoms with Gasteiger partial charge in [0, 0.05) is 10.5 Å². The van der Waals surface area contributed by atoms with Crippen LogP contribution in [0.3, 0.4) is 0 Å². The maximum Gasteiger partial charge on any atom is 0.124 e. The zero-order valence-electron chi connectivity index (χ0n) is 13.4. The summed E-state index contributed by atoms with van der Waals surface area (Å²) in [5.41, 5.74) is 1.07. The van der Waals surface area contributed by atoms with Gasteiger partial charge in [-0.15, -0.1) is 0 Å². The molecule has 0 saturated heterocycles. The standard InChI is InChI=1S/C18H29BrFN/c1-3-5-6-7-8-9-10-18(21-4-2)13-15-11-16(19)14-17(20)12-15/h11-12,14,18,21H,3-10,13H2,1-2H3. The number of unbranched alkanes of at least 4 members (excludes halogenated alkanes) is 5. The van der Waals surface area contributed by atoms with Crippen LogP contribution < -0.4 is 5.32 Å². The van der Waals surface area contributed by atoms with Crippen molar-refractivity contribution in [2.45, 2.75) is 71.3 Å². The van der Waals surface area contributed by atoms with Crippen molar-refractivity contribution in [2.24, 2.45) is 0 Å². The van der Waals surface area contributed by atoms with E-state index >= 15 is 0 Å². The highest BCUT2D eigenvalue weighted by Gasteiger charge is 2.09. The first-order chi connectivity index (χ1) is 10.2. The number of hydrogen-bond donors (Lipinski definition) is 1. The van der Waals surface area contributed by atoms with E-state index < -0.39 is 0 Å². The lowest BCUT2D eigenvalue weighted by Gasteiger charge is -2.18. The summed E-state index contributed by atoms with van der Waals surface area (Å²) in [5.74, 6) is -0.158. The van der Waals surface area contributed by atoms with E-state index in [0.717, 1.165) is 23.0 Å².